The van der Waals surface area contributed by atoms with Crippen LogP contribution in [0, 0.1) is 5.92 Å². The summed E-state index contributed by atoms with van der Waals surface area (Å²) in [6.07, 6.45) is 3.69. The second-order valence-corrected chi connectivity index (χ2v) is 6.32. The average molecular weight is 346 g/mol. The first-order valence-electron chi connectivity index (χ1n) is 8.04. The number of benzene rings is 1. The average Bonchev–Trinajstić information content (AvgIpc) is 2.62. The number of carbonyl (C=O) groups is 1. The lowest BCUT2D eigenvalue weighted by atomic mass is 9.98. The third-order valence-electron chi connectivity index (χ3n) is 4.05. The van der Waals surface area contributed by atoms with Crippen molar-refractivity contribution in [2.45, 2.75) is 12.8 Å². The highest BCUT2D eigenvalue weighted by Gasteiger charge is 2.23. The first kappa shape index (κ1) is 16.5. The Bertz CT molecular complexity index is 664. The second-order valence-electron chi connectivity index (χ2n) is 5.88. The fourth-order valence-electron chi connectivity index (χ4n) is 2.80. The Kier molecular flexibility index (Phi) is 5.48. The van der Waals surface area contributed by atoms with Gasteiger partial charge in [-0.1, -0.05) is 11.6 Å². The molecule has 2 heterocycles. The molecule has 2 N–H and O–H groups in total. The van der Waals surface area contributed by atoms with Crippen molar-refractivity contribution < 1.29 is 4.79 Å². The van der Waals surface area contributed by atoms with Gasteiger partial charge in [-0.05, 0) is 55.2 Å². The highest BCUT2D eigenvalue weighted by molar-refractivity contribution is 6.30. The van der Waals surface area contributed by atoms with Crippen molar-refractivity contribution in [3.63, 3.8) is 0 Å². The van der Waals surface area contributed by atoms with Gasteiger partial charge in [0.1, 0.15) is 0 Å². The van der Waals surface area contributed by atoms with Crippen molar-refractivity contribution in [3.05, 3.63) is 47.6 Å². The normalized spacial score (nSPS) is 17.4. The predicted octanol–water partition coefficient (Wildman–Crippen LogP) is 3.49. The topological polar surface area (TPSA) is 70.2 Å². The van der Waals surface area contributed by atoms with Gasteiger partial charge in [-0.15, -0.1) is 5.10 Å². The molecule has 0 saturated carbocycles. The first-order valence-corrected chi connectivity index (χ1v) is 8.41. The SMILES string of the molecule is O=C(Nc1cccnn1)N1CCCC(CNc2ccc(Cl)cc2)C1. The number of nitrogens with one attached hydrogen (secondary N) is 2. The third kappa shape index (κ3) is 4.58. The molecule has 0 spiro atoms. The second kappa shape index (κ2) is 7.97. The number of nitrogens with zero attached hydrogens (tertiary/aromatic N) is 3. The van der Waals surface area contributed by atoms with E-state index < -0.39 is 0 Å². The molecule has 1 aliphatic rings. The van der Waals surface area contributed by atoms with Crippen LogP contribution in [-0.4, -0.2) is 40.8 Å². The van der Waals surface area contributed by atoms with Crippen LogP contribution in [-0.2, 0) is 0 Å². The van der Waals surface area contributed by atoms with E-state index in [1.807, 2.05) is 29.2 Å². The molecule has 0 radical (unpaired) electrons. The van der Waals surface area contributed by atoms with E-state index in [1.54, 1.807) is 18.3 Å². The highest BCUT2D eigenvalue weighted by atomic mass is 35.5. The van der Waals surface area contributed by atoms with Crippen LogP contribution in [0.3, 0.4) is 0 Å². The van der Waals surface area contributed by atoms with Crippen LogP contribution in [0.2, 0.25) is 5.02 Å². The van der Waals surface area contributed by atoms with Crippen molar-refractivity contribution in [2.75, 3.05) is 30.3 Å². The monoisotopic (exact) mass is 345 g/mol. The largest absolute Gasteiger partial charge is 0.385 e. The van der Waals surface area contributed by atoms with Crippen molar-refractivity contribution in [1.29, 1.82) is 0 Å². The number of aromatic nitrogens is 2. The fourth-order valence-corrected chi connectivity index (χ4v) is 2.93. The summed E-state index contributed by atoms with van der Waals surface area (Å²) in [5, 5.41) is 14.6. The zero-order chi connectivity index (χ0) is 16.8. The minimum Gasteiger partial charge on any atom is -0.385 e. The van der Waals surface area contributed by atoms with Gasteiger partial charge in [-0.25, -0.2) is 4.79 Å². The number of amides is 2. The van der Waals surface area contributed by atoms with Crippen LogP contribution < -0.4 is 10.6 Å². The molecule has 0 aliphatic carbocycles. The van der Waals surface area contributed by atoms with E-state index in [-0.39, 0.29) is 6.03 Å². The molecule has 0 bridgehead atoms. The summed E-state index contributed by atoms with van der Waals surface area (Å²) in [4.78, 5) is 14.2. The van der Waals surface area contributed by atoms with Crippen molar-refractivity contribution in [3.8, 4) is 0 Å². The van der Waals surface area contributed by atoms with E-state index in [0.29, 0.717) is 11.7 Å². The number of hydrogen-bond donors (Lipinski definition) is 2. The van der Waals surface area contributed by atoms with Gasteiger partial charge in [-0.2, -0.15) is 5.10 Å². The molecule has 1 saturated heterocycles. The number of likely N-dealkylation sites (tertiary alicyclic amines) is 1. The maximum absolute atomic E-state index is 12.3. The summed E-state index contributed by atoms with van der Waals surface area (Å²) in [6, 6.07) is 11.0. The Morgan fingerprint density at radius 1 is 1.29 bits per heavy atom. The minimum atomic E-state index is -0.119. The molecule has 1 aromatic heterocycles. The molecule has 2 amide bonds. The Morgan fingerprint density at radius 2 is 2.12 bits per heavy atom. The highest BCUT2D eigenvalue weighted by Crippen LogP contribution is 2.19. The summed E-state index contributed by atoms with van der Waals surface area (Å²) in [7, 11) is 0. The van der Waals surface area contributed by atoms with Crippen LogP contribution in [0.25, 0.3) is 0 Å². The molecule has 1 aromatic carbocycles. The van der Waals surface area contributed by atoms with Crippen molar-refractivity contribution in [2.24, 2.45) is 5.92 Å². The van der Waals surface area contributed by atoms with E-state index >= 15 is 0 Å². The van der Waals surface area contributed by atoms with E-state index in [1.165, 1.54) is 0 Å². The van der Waals surface area contributed by atoms with Gasteiger partial charge in [0.05, 0.1) is 0 Å². The maximum atomic E-state index is 12.3. The third-order valence-corrected chi connectivity index (χ3v) is 4.30. The zero-order valence-electron chi connectivity index (χ0n) is 13.3. The quantitative estimate of drug-likeness (QED) is 0.890. The zero-order valence-corrected chi connectivity index (χ0v) is 14.0. The Morgan fingerprint density at radius 3 is 2.88 bits per heavy atom. The molecular weight excluding hydrogens is 326 g/mol. The number of hydrogen-bond acceptors (Lipinski definition) is 4. The van der Waals surface area contributed by atoms with Gasteiger partial charge < -0.3 is 10.2 Å². The van der Waals surface area contributed by atoms with Gasteiger partial charge in [0.15, 0.2) is 5.82 Å². The van der Waals surface area contributed by atoms with Crippen LogP contribution >= 0.6 is 11.6 Å². The Balaban J connectivity index is 1.50. The standard InChI is InChI=1S/C17H20ClN5O/c18-14-5-7-15(8-6-14)19-11-13-3-2-10-23(12-13)17(24)21-16-4-1-9-20-22-16/h1,4-9,13,19H,2-3,10-12H2,(H,21,22,24). The van der Waals surface area contributed by atoms with Gasteiger partial charge in [0.25, 0.3) is 0 Å². The molecule has 24 heavy (non-hydrogen) atoms. The van der Waals surface area contributed by atoms with E-state index in [0.717, 1.165) is 43.2 Å². The van der Waals surface area contributed by atoms with Crippen molar-refractivity contribution in [1.82, 2.24) is 15.1 Å². The molecular formula is C17H20ClN5O. The summed E-state index contributed by atoms with van der Waals surface area (Å²) in [5.41, 5.74) is 1.04. The van der Waals surface area contributed by atoms with Gasteiger partial charge in [0.2, 0.25) is 0 Å². The van der Waals surface area contributed by atoms with Crippen molar-refractivity contribution >= 4 is 29.1 Å². The van der Waals surface area contributed by atoms with Gasteiger partial charge >= 0.3 is 6.03 Å². The number of carbonyl (C=O) groups excluding carboxylic acids is 1. The number of rotatable bonds is 4. The van der Waals surface area contributed by atoms with Crippen LogP contribution in [0.4, 0.5) is 16.3 Å². The van der Waals surface area contributed by atoms with E-state index in [2.05, 4.69) is 20.8 Å². The lowest BCUT2D eigenvalue weighted by Gasteiger charge is -2.32. The molecule has 1 fully saturated rings. The lowest BCUT2D eigenvalue weighted by Crippen LogP contribution is -2.44. The molecule has 126 valence electrons. The lowest BCUT2D eigenvalue weighted by molar-refractivity contribution is 0.180. The maximum Gasteiger partial charge on any atom is 0.323 e. The Labute approximate surface area is 146 Å². The minimum absolute atomic E-state index is 0.119. The summed E-state index contributed by atoms with van der Waals surface area (Å²) >= 11 is 5.89. The molecule has 6 nitrogen and oxygen atoms in total. The molecule has 7 heteroatoms. The summed E-state index contributed by atoms with van der Waals surface area (Å²) < 4.78 is 0. The van der Waals surface area contributed by atoms with E-state index in [4.69, 9.17) is 11.6 Å². The molecule has 3 rings (SSSR count). The van der Waals surface area contributed by atoms with Crippen LogP contribution in [0.1, 0.15) is 12.8 Å². The molecule has 1 aliphatic heterocycles. The smallest absolute Gasteiger partial charge is 0.323 e. The van der Waals surface area contributed by atoms with Gasteiger partial charge in [0, 0.05) is 36.5 Å². The molecule has 2 aromatic rings. The Hall–Kier alpha value is -2.34. The number of anilines is 2. The molecule has 1 atom stereocenters. The van der Waals surface area contributed by atoms with E-state index in [9.17, 15) is 4.79 Å². The van der Waals surface area contributed by atoms with Crippen LogP contribution in [0.5, 0.6) is 0 Å². The number of urea groups is 1. The first-order chi connectivity index (χ1) is 11.7. The molecule has 1 unspecified atom stereocenters. The fraction of sp³-hybridized carbons (Fsp3) is 0.353. The predicted molar refractivity (Wildman–Crippen MR) is 95.3 cm³/mol. The summed E-state index contributed by atoms with van der Waals surface area (Å²) in [6.45, 7) is 2.33. The number of piperidine rings is 1. The van der Waals surface area contributed by atoms with Crippen LogP contribution in [0.15, 0.2) is 42.6 Å². The summed E-state index contributed by atoms with van der Waals surface area (Å²) in [5.74, 6) is 0.894. The van der Waals surface area contributed by atoms with Gasteiger partial charge in [-0.3, -0.25) is 5.32 Å². The number of halogens is 1.